The monoisotopic (exact) mass is 437 g/mol. The smallest absolute Gasteiger partial charge is 0.252 e. The molecule has 2 aromatic carbocycles. The van der Waals surface area contributed by atoms with E-state index in [1.165, 1.54) is 0 Å². The van der Waals surface area contributed by atoms with Crippen molar-refractivity contribution < 1.29 is 9.53 Å². The van der Waals surface area contributed by atoms with Gasteiger partial charge < -0.3 is 14.6 Å². The number of carbonyl (C=O) groups excluding carboxylic acids is 1. The first kappa shape index (κ1) is 20.2. The Bertz CT molecular complexity index is 1110. The molecular weight excluding hydrogens is 418 g/mol. The number of rotatable bonds is 7. The number of nitrogens with zero attached hydrogens (tertiary/aromatic N) is 2. The largest absolute Gasteiger partial charge is 0.486 e. The molecule has 0 saturated carbocycles. The number of amides is 1. The van der Waals surface area contributed by atoms with Crippen LogP contribution in [0.1, 0.15) is 32.7 Å². The first-order valence-electron chi connectivity index (χ1n) is 9.39. The van der Waals surface area contributed by atoms with Gasteiger partial charge in [-0.2, -0.15) is 0 Å². The molecule has 0 radical (unpaired) electrons. The highest BCUT2D eigenvalue weighted by Gasteiger charge is 2.19. The van der Waals surface area contributed by atoms with Gasteiger partial charge in [-0.05, 0) is 53.4 Å². The van der Waals surface area contributed by atoms with Crippen LogP contribution in [-0.4, -0.2) is 15.5 Å². The summed E-state index contributed by atoms with van der Waals surface area (Å²) in [7, 11) is 1.92. The van der Waals surface area contributed by atoms with Crippen molar-refractivity contribution in [3.8, 4) is 5.75 Å². The standard InChI is InChI=1S/C23H20ClN3O2S/c1-27-13-12-25-21(27)15-29-19-10-6-17(7-11-19)23(28)26-22(20-3-2-14-30-20)16-4-8-18(24)9-5-16/h2-14,22H,15H2,1H3,(H,26,28). The quantitative estimate of drug-likeness (QED) is 0.430. The van der Waals surface area contributed by atoms with Crippen LogP contribution in [0, 0.1) is 0 Å². The molecule has 0 bridgehead atoms. The highest BCUT2D eigenvalue weighted by molar-refractivity contribution is 7.10. The lowest BCUT2D eigenvalue weighted by molar-refractivity contribution is 0.0943. The molecule has 0 spiro atoms. The van der Waals surface area contributed by atoms with E-state index in [1.807, 2.05) is 59.6 Å². The zero-order valence-corrected chi connectivity index (χ0v) is 17.9. The molecular formula is C23H20ClN3O2S. The summed E-state index contributed by atoms with van der Waals surface area (Å²) in [6, 6.07) is 18.4. The van der Waals surface area contributed by atoms with E-state index in [2.05, 4.69) is 10.3 Å². The highest BCUT2D eigenvalue weighted by Crippen LogP contribution is 2.27. The fraction of sp³-hybridized carbons (Fsp3) is 0.130. The summed E-state index contributed by atoms with van der Waals surface area (Å²) in [6.07, 6.45) is 3.60. The molecule has 1 unspecified atom stereocenters. The van der Waals surface area contributed by atoms with Crippen LogP contribution in [0.5, 0.6) is 5.75 Å². The van der Waals surface area contributed by atoms with Crippen LogP contribution in [0.4, 0.5) is 0 Å². The summed E-state index contributed by atoms with van der Waals surface area (Å²) < 4.78 is 7.67. The average molecular weight is 438 g/mol. The molecule has 0 aliphatic heterocycles. The van der Waals surface area contributed by atoms with Gasteiger partial charge in [0.05, 0.1) is 6.04 Å². The molecule has 1 amide bonds. The summed E-state index contributed by atoms with van der Waals surface area (Å²) in [6.45, 7) is 0.367. The topological polar surface area (TPSA) is 56.2 Å². The third kappa shape index (κ3) is 4.72. The lowest BCUT2D eigenvalue weighted by Crippen LogP contribution is -2.28. The number of thiophene rings is 1. The summed E-state index contributed by atoms with van der Waals surface area (Å²) in [5.41, 5.74) is 1.54. The molecule has 5 nitrogen and oxygen atoms in total. The minimum atomic E-state index is -0.242. The third-order valence-corrected chi connectivity index (χ3v) is 5.90. The van der Waals surface area contributed by atoms with Crippen molar-refractivity contribution in [2.24, 2.45) is 7.05 Å². The van der Waals surface area contributed by atoms with Gasteiger partial charge in [-0.3, -0.25) is 4.79 Å². The number of hydrogen-bond donors (Lipinski definition) is 1. The Labute approximate surface area is 183 Å². The molecule has 7 heteroatoms. The van der Waals surface area contributed by atoms with E-state index in [9.17, 15) is 4.79 Å². The van der Waals surface area contributed by atoms with Crippen LogP contribution in [0.25, 0.3) is 0 Å². The van der Waals surface area contributed by atoms with E-state index in [-0.39, 0.29) is 11.9 Å². The van der Waals surface area contributed by atoms with Crippen LogP contribution >= 0.6 is 22.9 Å². The number of carbonyl (C=O) groups is 1. The van der Waals surface area contributed by atoms with Gasteiger partial charge in [-0.15, -0.1) is 11.3 Å². The number of aryl methyl sites for hydroxylation is 1. The number of benzene rings is 2. The Kier molecular flexibility index (Phi) is 6.16. The molecule has 1 atom stereocenters. The molecule has 30 heavy (non-hydrogen) atoms. The number of imidazole rings is 1. The minimum Gasteiger partial charge on any atom is -0.486 e. The summed E-state index contributed by atoms with van der Waals surface area (Å²) >= 11 is 7.62. The second kappa shape index (κ2) is 9.15. The van der Waals surface area contributed by atoms with E-state index in [1.54, 1.807) is 41.8 Å². The number of halogens is 1. The minimum absolute atomic E-state index is 0.154. The van der Waals surface area contributed by atoms with Crippen LogP contribution in [0.3, 0.4) is 0 Å². The van der Waals surface area contributed by atoms with Gasteiger partial charge in [-0.1, -0.05) is 29.8 Å². The predicted octanol–water partition coefficient (Wildman–Crippen LogP) is 5.23. The van der Waals surface area contributed by atoms with Crippen LogP contribution in [0.2, 0.25) is 5.02 Å². The summed E-state index contributed by atoms with van der Waals surface area (Å²) in [5, 5.41) is 5.79. The molecule has 0 saturated heterocycles. The lowest BCUT2D eigenvalue weighted by atomic mass is 10.0. The normalized spacial score (nSPS) is 11.8. The number of aromatic nitrogens is 2. The maximum Gasteiger partial charge on any atom is 0.252 e. The molecule has 4 aromatic rings. The van der Waals surface area contributed by atoms with Crippen LogP contribution in [0.15, 0.2) is 78.4 Å². The lowest BCUT2D eigenvalue weighted by Gasteiger charge is -2.18. The van der Waals surface area contributed by atoms with Gasteiger partial charge >= 0.3 is 0 Å². The fourth-order valence-electron chi connectivity index (χ4n) is 3.03. The first-order valence-corrected chi connectivity index (χ1v) is 10.6. The van der Waals surface area contributed by atoms with Gasteiger partial charge in [0, 0.05) is 34.9 Å². The fourth-order valence-corrected chi connectivity index (χ4v) is 3.96. The van der Waals surface area contributed by atoms with Gasteiger partial charge in [-0.25, -0.2) is 4.98 Å². The van der Waals surface area contributed by atoms with Crippen molar-refractivity contribution in [1.29, 1.82) is 0 Å². The molecule has 0 fully saturated rings. The first-order chi connectivity index (χ1) is 14.6. The Hall–Kier alpha value is -3.09. The highest BCUT2D eigenvalue weighted by atomic mass is 35.5. The van der Waals surface area contributed by atoms with Gasteiger partial charge in [0.25, 0.3) is 5.91 Å². The van der Waals surface area contributed by atoms with Crippen molar-refractivity contribution in [3.63, 3.8) is 0 Å². The maximum absolute atomic E-state index is 12.9. The summed E-state index contributed by atoms with van der Waals surface area (Å²) in [5.74, 6) is 1.36. The van der Waals surface area contributed by atoms with Gasteiger partial charge in [0.2, 0.25) is 0 Å². The van der Waals surface area contributed by atoms with Gasteiger partial charge in [0.1, 0.15) is 18.2 Å². The SMILES string of the molecule is Cn1ccnc1COc1ccc(C(=O)NC(c2ccc(Cl)cc2)c2cccs2)cc1. The number of hydrogen-bond acceptors (Lipinski definition) is 4. The number of nitrogens with one attached hydrogen (secondary N) is 1. The van der Waals surface area contributed by atoms with Crippen molar-refractivity contribution in [1.82, 2.24) is 14.9 Å². The molecule has 0 aliphatic rings. The van der Waals surface area contributed by atoms with Crippen molar-refractivity contribution in [3.05, 3.63) is 105 Å². The van der Waals surface area contributed by atoms with Crippen molar-refractivity contribution >= 4 is 28.8 Å². The molecule has 4 rings (SSSR count). The Morgan fingerprint density at radius 3 is 2.57 bits per heavy atom. The Morgan fingerprint density at radius 2 is 1.93 bits per heavy atom. The van der Waals surface area contributed by atoms with E-state index in [0.717, 1.165) is 16.3 Å². The molecule has 152 valence electrons. The molecule has 0 aliphatic carbocycles. The summed E-state index contributed by atoms with van der Waals surface area (Å²) in [4.78, 5) is 18.2. The second-order valence-electron chi connectivity index (χ2n) is 6.74. The number of ether oxygens (including phenoxy) is 1. The average Bonchev–Trinajstić information content (AvgIpc) is 3.43. The third-order valence-electron chi connectivity index (χ3n) is 4.71. The maximum atomic E-state index is 12.9. The van der Waals surface area contributed by atoms with Crippen molar-refractivity contribution in [2.45, 2.75) is 12.6 Å². The molecule has 2 heterocycles. The molecule has 1 N–H and O–H groups in total. The van der Waals surface area contributed by atoms with Crippen LogP contribution < -0.4 is 10.1 Å². The zero-order valence-electron chi connectivity index (χ0n) is 16.3. The van der Waals surface area contributed by atoms with E-state index in [4.69, 9.17) is 16.3 Å². The van der Waals surface area contributed by atoms with E-state index >= 15 is 0 Å². The Balaban J connectivity index is 1.46. The van der Waals surface area contributed by atoms with E-state index in [0.29, 0.717) is 22.9 Å². The zero-order chi connectivity index (χ0) is 20.9. The Morgan fingerprint density at radius 1 is 1.17 bits per heavy atom. The van der Waals surface area contributed by atoms with Crippen molar-refractivity contribution in [2.75, 3.05) is 0 Å². The second-order valence-corrected chi connectivity index (χ2v) is 8.16. The van der Waals surface area contributed by atoms with Crippen LogP contribution in [-0.2, 0) is 13.7 Å². The predicted molar refractivity (Wildman–Crippen MR) is 119 cm³/mol. The van der Waals surface area contributed by atoms with Gasteiger partial charge in [0.15, 0.2) is 0 Å². The van der Waals surface area contributed by atoms with E-state index < -0.39 is 0 Å². The molecule has 2 aromatic heterocycles.